The Balaban J connectivity index is 1.40. The summed E-state index contributed by atoms with van der Waals surface area (Å²) < 4.78 is 23.1. The molecular weight excluding hydrogens is 434 g/mol. The standard InChI is InChI=1S/C22H25N3O4S2/c1-13(14-7-9-15(10-8-14)31(2,28)29)23-19(26)12-11-18-24-21(27)20-16-5-3-4-6-17(16)30-22(20)25-18/h7-10,13H,3-6,11-12H2,1-2H3,(H,23,26)(H,24,25,27)/t13-/m0/s1. The quantitative estimate of drug-likeness (QED) is 0.589. The van der Waals surface area contributed by atoms with Crippen LogP contribution in [0.5, 0.6) is 0 Å². The van der Waals surface area contributed by atoms with Crippen molar-refractivity contribution < 1.29 is 13.2 Å². The summed E-state index contributed by atoms with van der Waals surface area (Å²) in [5.74, 6) is 0.365. The molecule has 2 heterocycles. The van der Waals surface area contributed by atoms with Crippen LogP contribution in [0.15, 0.2) is 34.0 Å². The van der Waals surface area contributed by atoms with E-state index >= 15 is 0 Å². The summed E-state index contributed by atoms with van der Waals surface area (Å²) in [6, 6.07) is 6.22. The molecule has 7 nitrogen and oxygen atoms in total. The summed E-state index contributed by atoms with van der Waals surface area (Å²) in [5, 5.41) is 3.63. The van der Waals surface area contributed by atoms with Crippen LogP contribution in [0.1, 0.15) is 54.1 Å². The number of thiophene rings is 1. The molecule has 4 rings (SSSR count). The Hall–Kier alpha value is -2.52. The number of hydrogen-bond acceptors (Lipinski definition) is 6. The van der Waals surface area contributed by atoms with Gasteiger partial charge in [0, 0.05) is 24.0 Å². The molecule has 0 unspecified atom stereocenters. The minimum Gasteiger partial charge on any atom is -0.350 e. The van der Waals surface area contributed by atoms with E-state index in [1.165, 1.54) is 17.0 Å². The molecular formula is C22H25N3O4S2. The Bertz CT molecular complexity index is 1290. The van der Waals surface area contributed by atoms with E-state index in [4.69, 9.17) is 0 Å². The second-order valence-electron chi connectivity index (χ2n) is 8.03. The summed E-state index contributed by atoms with van der Waals surface area (Å²) in [6.07, 6.45) is 5.91. The largest absolute Gasteiger partial charge is 0.350 e. The van der Waals surface area contributed by atoms with Crippen molar-refractivity contribution in [1.29, 1.82) is 0 Å². The third-order valence-electron chi connectivity index (χ3n) is 5.65. The molecule has 0 saturated carbocycles. The number of fused-ring (bicyclic) bond motifs is 3. The maximum atomic E-state index is 12.6. The highest BCUT2D eigenvalue weighted by Gasteiger charge is 2.20. The number of aromatic nitrogens is 2. The number of H-pyrrole nitrogens is 1. The van der Waals surface area contributed by atoms with Gasteiger partial charge in [-0.2, -0.15) is 0 Å². The molecule has 0 fully saturated rings. The summed E-state index contributed by atoms with van der Waals surface area (Å²) in [7, 11) is -3.25. The van der Waals surface area contributed by atoms with Crippen LogP contribution in [0.2, 0.25) is 0 Å². The molecule has 164 valence electrons. The summed E-state index contributed by atoms with van der Waals surface area (Å²) >= 11 is 1.60. The van der Waals surface area contributed by atoms with Crippen LogP contribution in [0, 0.1) is 0 Å². The molecule has 2 N–H and O–H groups in total. The van der Waals surface area contributed by atoms with Gasteiger partial charge in [0.15, 0.2) is 9.84 Å². The molecule has 0 bridgehead atoms. The lowest BCUT2D eigenvalue weighted by Gasteiger charge is -2.14. The zero-order chi connectivity index (χ0) is 22.2. The van der Waals surface area contributed by atoms with Crippen molar-refractivity contribution in [2.75, 3.05) is 6.26 Å². The summed E-state index contributed by atoms with van der Waals surface area (Å²) in [5.41, 5.74) is 1.86. The lowest BCUT2D eigenvalue weighted by Crippen LogP contribution is -2.27. The number of rotatable bonds is 6. The molecule has 1 amide bonds. The molecule has 3 aromatic rings. The number of benzene rings is 1. The minimum atomic E-state index is -3.25. The van der Waals surface area contributed by atoms with Crippen molar-refractivity contribution in [3.8, 4) is 0 Å². The van der Waals surface area contributed by atoms with Crippen molar-refractivity contribution in [1.82, 2.24) is 15.3 Å². The Morgan fingerprint density at radius 2 is 1.94 bits per heavy atom. The van der Waals surface area contributed by atoms with Gasteiger partial charge in [0.1, 0.15) is 10.7 Å². The second-order valence-corrected chi connectivity index (χ2v) is 11.1. The molecule has 31 heavy (non-hydrogen) atoms. The van der Waals surface area contributed by atoms with Crippen molar-refractivity contribution in [2.24, 2.45) is 0 Å². The molecule has 1 aliphatic carbocycles. The van der Waals surface area contributed by atoms with Crippen molar-refractivity contribution in [3.05, 3.63) is 56.4 Å². The van der Waals surface area contributed by atoms with Crippen LogP contribution < -0.4 is 10.9 Å². The van der Waals surface area contributed by atoms with E-state index in [0.717, 1.165) is 53.3 Å². The first-order valence-corrected chi connectivity index (χ1v) is 13.1. The summed E-state index contributed by atoms with van der Waals surface area (Å²) in [6.45, 7) is 1.84. The van der Waals surface area contributed by atoms with Crippen LogP contribution in [-0.2, 0) is 33.9 Å². The fraction of sp³-hybridized carbons (Fsp3) is 0.409. The van der Waals surface area contributed by atoms with Gasteiger partial charge < -0.3 is 10.3 Å². The Kier molecular flexibility index (Phi) is 5.98. The molecule has 2 aromatic heterocycles. The van der Waals surface area contributed by atoms with Crippen LogP contribution in [-0.4, -0.2) is 30.5 Å². The predicted octanol–water partition coefficient (Wildman–Crippen LogP) is 3.08. The van der Waals surface area contributed by atoms with E-state index in [1.807, 2.05) is 6.92 Å². The molecule has 1 aromatic carbocycles. The lowest BCUT2D eigenvalue weighted by molar-refractivity contribution is -0.121. The number of carbonyl (C=O) groups is 1. The molecule has 0 saturated heterocycles. The monoisotopic (exact) mass is 459 g/mol. The van der Waals surface area contributed by atoms with E-state index < -0.39 is 9.84 Å². The van der Waals surface area contributed by atoms with Crippen LogP contribution in [0.25, 0.3) is 10.2 Å². The van der Waals surface area contributed by atoms with E-state index in [0.29, 0.717) is 12.2 Å². The fourth-order valence-corrected chi connectivity index (χ4v) is 5.87. The van der Waals surface area contributed by atoms with Crippen LogP contribution >= 0.6 is 11.3 Å². The zero-order valence-electron chi connectivity index (χ0n) is 17.5. The average molecular weight is 460 g/mol. The van der Waals surface area contributed by atoms with Gasteiger partial charge in [-0.3, -0.25) is 9.59 Å². The molecule has 1 atom stereocenters. The highest BCUT2D eigenvalue weighted by Crippen LogP contribution is 2.33. The molecule has 9 heteroatoms. The van der Waals surface area contributed by atoms with E-state index in [-0.39, 0.29) is 28.8 Å². The predicted molar refractivity (Wildman–Crippen MR) is 121 cm³/mol. The van der Waals surface area contributed by atoms with Gasteiger partial charge in [0.2, 0.25) is 5.91 Å². The molecule has 0 aliphatic heterocycles. The van der Waals surface area contributed by atoms with Gasteiger partial charge in [0.05, 0.1) is 16.3 Å². The van der Waals surface area contributed by atoms with Crippen molar-refractivity contribution in [3.63, 3.8) is 0 Å². The number of carbonyl (C=O) groups excluding carboxylic acids is 1. The first kappa shape index (κ1) is 21.7. The Morgan fingerprint density at radius 3 is 2.65 bits per heavy atom. The highest BCUT2D eigenvalue weighted by atomic mass is 32.2. The van der Waals surface area contributed by atoms with E-state index in [2.05, 4.69) is 15.3 Å². The topological polar surface area (TPSA) is 109 Å². The number of aryl methyl sites for hydroxylation is 3. The maximum Gasteiger partial charge on any atom is 0.259 e. The van der Waals surface area contributed by atoms with Crippen LogP contribution in [0.3, 0.4) is 0 Å². The number of hydrogen-bond donors (Lipinski definition) is 2. The van der Waals surface area contributed by atoms with Crippen molar-refractivity contribution in [2.45, 2.75) is 56.4 Å². The van der Waals surface area contributed by atoms with Gasteiger partial charge in [-0.1, -0.05) is 12.1 Å². The van der Waals surface area contributed by atoms with Gasteiger partial charge in [0.25, 0.3) is 5.56 Å². The normalized spacial score (nSPS) is 14.9. The zero-order valence-corrected chi connectivity index (χ0v) is 19.2. The number of nitrogens with zero attached hydrogens (tertiary/aromatic N) is 1. The van der Waals surface area contributed by atoms with E-state index in [9.17, 15) is 18.0 Å². The lowest BCUT2D eigenvalue weighted by atomic mass is 9.97. The average Bonchev–Trinajstić information content (AvgIpc) is 3.10. The SMILES string of the molecule is C[C@H](NC(=O)CCc1nc2sc3c(c2c(=O)[nH]1)CCCC3)c1ccc(S(C)(=O)=O)cc1. The third kappa shape index (κ3) is 4.72. The second kappa shape index (κ2) is 8.55. The van der Waals surface area contributed by atoms with Gasteiger partial charge in [-0.15, -0.1) is 11.3 Å². The van der Waals surface area contributed by atoms with Gasteiger partial charge >= 0.3 is 0 Å². The summed E-state index contributed by atoms with van der Waals surface area (Å²) in [4.78, 5) is 34.8. The molecule has 0 spiro atoms. The Labute approximate surface area is 184 Å². The Morgan fingerprint density at radius 1 is 1.23 bits per heavy atom. The number of amides is 1. The van der Waals surface area contributed by atoms with Crippen molar-refractivity contribution >= 4 is 37.3 Å². The van der Waals surface area contributed by atoms with Gasteiger partial charge in [-0.25, -0.2) is 13.4 Å². The van der Waals surface area contributed by atoms with Crippen LogP contribution in [0.4, 0.5) is 0 Å². The smallest absolute Gasteiger partial charge is 0.259 e. The fourth-order valence-electron chi connectivity index (χ4n) is 3.96. The first-order valence-electron chi connectivity index (χ1n) is 10.3. The number of sulfone groups is 1. The third-order valence-corrected chi connectivity index (χ3v) is 7.96. The minimum absolute atomic E-state index is 0.112. The number of aromatic amines is 1. The maximum absolute atomic E-state index is 12.6. The van der Waals surface area contributed by atoms with E-state index in [1.54, 1.807) is 23.5 Å². The first-order chi connectivity index (χ1) is 14.7. The van der Waals surface area contributed by atoms with Gasteiger partial charge in [-0.05, 0) is 55.9 Å². The molecule has 1 aliphatic rings. The highest BCUT2D eigenvalue weighted by molar-refractivity contribution is 7.90. The molecule has 0 radical (unpaired) electrons. The number of nitrogens with one attached hydrogen (secondary N) is 2.